The third-order valence-corrected chi connectivity index (χ3v) is 4.62. The molecule has 0 saturated carbocycles. The highest BCUT2D eigenvalue weighted by molar-refractivity contribution is 8.00. The van der Waals surface area contributed by atoms with Crippen molar-refractivity contribution in [2.24, 2.45) is 0 Å². The Balaban J connectivity index is 0.000000321. The zero-order chi connectivity index (χ0) is 20.0. The van der Waals surface area contributed by atoms with E-state index in [0.29, 0.717) is 12.5 Å². The van der Waals surface area contributed by atoms with Crippen molar-refractivity contribution >= 4 is 40.6 Å². The van der Waals surface area contributed by atoms with E-state index in [1.807, 2.05) is 18.2 Å². The Labute approximate surface area is 155 Å². The number of aromatic nitrogens is 2. The molecule has 148 valence electrons. The number of carbonyl (C=O) groups is 2. The van der Waals surface area contributed by atoms with Crippen molar-refractivity contribution in [3.63, 3.8) is 0 Å². The second-order valence-corrected chi connectivity index (χ2v) is 6.63. The summed E-state index contributed by atoms with van der Waals surface area (Å²) in [5, 5.41) is 13.1. The molecule has 1 atom stereocenters. The fourth-order valence-corrected chi connectivity index (χ4v) is 3.10. The molecule has 0 bridgehead atoms. The van der Waals surface area contributed by atoms with Gasteiger partial charge in [-0.05, 0) is 12.1 Å². The number of hydrogen-bond donors (Lipinski definition) is 4. The van der Waals surface area contributed by atoms with Gasteiger partial charge < -0.3 is 20.1 Å². The minimum atomic E-state index is -5.08. The van der Waals surface area contributed by atoms with E-state index >= 15 is 0 Å². The van der Waals surface area contributed by atoms with Crippen molar-refractivity contribution < 1.29 is 32.6 Å². The number of thioether (sulfide) groups is 1. The number of carboxylic acid groups (broad SMARTS) is 1. The van der Waals surface area contributed by atoms with E-state index in [0.717, 1.165) is 29.1 Å². The van der Waals surface area contributed by atoms with Crippen molar-refractivity contribution in [3.05, 3.63) is 18.2 Å². The van der Waals surface area contributed by atoms with E-state index in [-0.39, 0.29) is 11.2 Å². The average molecular weight is 406 g/mol. The molecule has 27 heavy (non-hydrogen) atoms. The Morgan fingerprint density at radius 1 is 1.41 bits per heavy atom. The number of carbonyl (C=O) groups excluding carboxylic acids is 1. The fraction of sp³-hybridized carbons (Fsp3) is 0.400. The van der Waals surface area contributed by atoms with Crippen LogP contribution < -0.4 is 15.4 Å². The number of methoxy groups -OCH3 is 1. The van der Waals surface area contributed by atoms with Gasteiger partial charge in [0.1, 0.15) is 5.75 Å². The van der Waals surface area contributed by atoms with Gasteiger partial charge in [0.05, 0.1) is 23.4 Å². The molecule has 2 aromatic rings. The molecule has 1 aromatic heterocycles. The van der Waals surface area contributed by atoms with Gasteiger partial charge in [-0.25, -0.2) is 9.78 Å². The van der Waals surface area contributed by atoms with Crippen LogP contribution in [0.15, 0.2) is 18.2 Å². The number of rotatable bonds is 3. The molecule has 2 heterocycles. The van der Waals surface area contributed by atoms with E-state index in [4.69, 9.17) is 14.6 Å². The van der Waals surface area contributed by atoms with Crippen LogP contribution in [0.3, 0.4) is 0 Å². The SMILES string of the molecule is COc1ccc2nc(NC(=O)C3CNCCS3)[nH]c2c1.O=C(O)C(F)(F)F. The number of anilines is 1. The van der Waals surface area contributed by atoms with Crippen LogP contribution in [-0.4, -0.2) is 64.3 Å². The first kappa shape index (κ1) is 20.8. The highest BCUT2D eigenvalue weighted by Gasteiger charge is 2.38. The summed E-state index contributed by atoms with van der Waals surface area (Å²) in [6, 6.07) is 5.56. The maximum absolute atomic E-state index is 12.1. The summed E-state index contributed by atoms with van der Waals surface area (Å²) in [7, 11) is 1.62. The summed E-state index contributed by atoms with van der Waals surface area (Å²) in [5.41, 5.74) is 1.64. The van der Waals surface area contributed by atoms with Crippen molar-refractivity contribution in [1.29, 1.82) is 0 Å². The highest BCUT2D eigenvalue weighted by Crippen LogP contribution is 2.21. The normalized spacial score (nSPS) is 17.0. The number of halogens is 3. The lowest BCUT2D eigenvalue weighted by Gasteiger charge is -2.20. The predicted molar refractivity (Wildman–Crippen MR) is 94.1 cm³/mol. The number of nitrogens with zero attached hydrogens (tertiary/aromatic N) is 1. The van der Waals surface area contributed by atoms with E-state index < -0.39 is 12.1 Å². The highest BCUT2D eigenvalue weighted by atomic mass is 32.2. The Morgan fingerprint density at radius 2 is 2.11 bits per heavy atom. The van der Waals surface area contributed by atoms with Crippen molar-refractivity contribution in [2.45, 2.75) is 11.4 Å². The van der Waals surface area contributed by atoms with Crippen LogP contribution in [-0.2, 0) is 9.59 Å². The van der Waals surface area contributed by atoms with Gasteiger partial charge in [-0.3, -0.25) is 10.1 Å². The number of aromatic amines is 1. The molecule has 1 fully saturated rings. The van der Waals surface area contributed by atoms with Gasteiger partial charge >= 0.3 is 12.1 Å². The van der Waals surface area contributed by atoms with Gasteiger partial charge in [0.25, 0.3) is 0 Å². The molecular formula is C15H17F3N4O4S. The first-order chi connectivity index (χ1) is 12.7. The maximum atomic E-state index is 12.1. The summed E-state index contributed by atoms with van der Waals surface area (Å²) in [5.74, 6) is -0.591. The molecule has 12 heteroatoms. The van der Waals surface area contributed by atoms with E-state index in [2.05, 4.69) is 20.6 Å². The number of ether oxygens (including phenoxy) is 1. The number of imidazole rings is 1. The first-order valence-electron chi connectivity index (χ1n) is 7.67. The topological polar surface area (TPSA) is 116 Å². The zero-order valence-corrected chi connectivity index (χ0v) is 14.9. The van der Waals surface area contributed by atoms with Crippen LogP contribution in [0.4, 0.5) is 19.1 Å². The van der Waals surface area contributed by atoms with Gasteiger partial charge in [0.2, 0.25) is 11.9 Å². The minimum absolute atomic E-state index is 0.0202. The summed E-state index contributed by atoms with van der Waals surface area (Å²) in [4.78, 5) is 28.4. The molecule has 1 aliphatic rings. The van der Waals surface area contributed by atoms with Crippen molar-refractivity contribution in [2.75, 3.05) is 31.3 Å². The second kappa shape index (κ2) is 8.95. The second-order valence-electron chi connectivity index (χ2n) is 5.32. The molecule has 1 unspecified atom stereocenters. The molecule has 1 aromatic carbocycles. The van der Waals surface area contributed by atoms with Crippen molar-refractivity contribution in [1.82, 2.24) is 15.3 Å². The number of H-pyrrole nitrogens is 1. The number of carboxylic acids is 1. The van der Waals surface area contributed by atoms with Crippen molar-refractivity contribution in [3.8, 4) is 5.75 Å². The quantitative estimate of drug-likeness (QED) is 0.615. The number of benzene rings is 1. The Morgan fingerprint density at radius 3 is 2.67 bits per heavy atom. The zero-order valence-electron chi connectivity index (χ0n) is 14.1. The molecule has 4 N–H and O–H groups in total. The smallest absolute Gasteiger partial charge is 0.490 e. The predicted octanol–water partition coefficient (Wildman–Crippen LogP) is 1.85. The van der Waals surface area contributed by atoms with Crippen LogP contribution in [0.1, 0.15) is 0 Å². The largest absolute Gasteiger partial charge is 0.497 e. The lowest BCUT2D eigenvalue weighted by Crippen LogP contribution is -2.40. The van der Waals surface area contributed by atoms with Gasteiger partial charge in [0.15, 0.2) is 0 Å². The van der Waals surface area contributed by atoms with Crippen LogP contribution in [0, 0.1) is 0 Å². The molecule has 1 amide bonds. The summed E-state index contributed by atoms with van der Waals surface area (Å²) in [6.45, 7) is 1.66. The summed E-state index contributed by atoms with van der Waals surface area (Å²) >= 11 is 1.67. The van der Waals surface area contributed by atoms with E-state index in [1.54, 1.807) is 18.9 Å². The Hall–Kier alpha value is -2.47. The van der Waals surface area contributed by atoms with Gasteiger partial charge in [0, 0.05) is 24.9 Å². The van der Waals surface area contributed by atoms with Gasteiger partial charge in [-0.2, -0.15) is 13.2 Å². The lowest BCUT2D eigenvalue weighted by atomic mass is 10.3. The van der Waals surface area contributed by atoms with Crippen LogP contribution in [0.5, 0.6) is 5.75 Å². The summed E-state index contributed by atoms with van der Waals surface area (Å²) in [6.07, 6.45) is -5.08. The molecular weight excluding hydrogens is 389 g/mol. The molecule has 0 aliphatic carbocycles. The maximum Gasteiger partial charge on any atom is 0.490 e. The average Bonchev–Trinajstić information content (AvgIpc) is 3.03. The van der Waals surface area contributed by atoms with Crippen LogP contribution in [0.2, 0.25) is 0 Å². The number of amides is 1. The third kappa shape index (κ3) is 6.03. The van der Waals surface area contributed by atoms with E-state index in [1.165, 1.54) is 0 Å². The van der Waals surface area contributed by atoms with Crippen LogP contribution >= 0.6 is 11.8 Å². The lowest BCUT2D eigenvalue weighted by molar-refractivity contribution is -0.192. The Kier molecular flexibility index (Phi) is 6.91. The number of fused-ring (bicyclic) bond motifs is 1. The number of hydrogen-bond acceptors (Lipinski definition) is 6. The number of nitrogens with one attached hydrogen (secondary N) is 3. The fourth-order valence-electron chi connectivity index (χ4n) is 2.11. The standard InChI is InChI=1S/C13H16N4O2S.C2HF3O2/c1-19-8-2-3-9-10(6-8)16-13(15-9)17-12(18)11-7-14-4-5-20-11;3-2(4,5)1(6)7/h2-3,6,11,14H,4-5,7H2,1H3,(H2,15,16,17,18);(H,6,7). The minimum Gasteiger partial charge on any atom is -0.497 e. The molecule has 1 aliphatic heterocycles. The number of aliphatic carboxylic acids is 1. The molecule has 3 rings (SSSR count). The monoisotopic (exact) mass is 406 g/mol. The summed E-state index contributed by atoms with van der Waals surface area (Å²) < 4.78 is 36.9. The first-order valence-corrected chi connectivity index (χ1v) is 8.72. The number of alkyl halides is 3. The molecule has 0 radical (unpaired) electrons. The molecule has 0 spiro atoms. The third-order valence-electron chi connectivity index (χ3n) is 3.39. The Bertz CT molecular complexity index is 806. The van der Waals surface area contributed by atoms with Gasteiger partial charge in [-0.1, -0.05) is 0 Å². The molecule has 8 nitrogen and oxygen atoms in total. The van der Waals surface area contributed by atoms with Gasteiger partial charge in [-0.15, -0.1) is 11.8 Å². The van der Waals surface area contributed by atoms with E-state index in [9.17, 15) is 18.0 Å². The van der Waals surface area contributed by atoms with Crippen LogP contribution in [0.25, 0.3) is 11.0 Å². The molecule has 1 saturated heterocycles.